The molecule has 2 fully saturated rings. The molecule has 5 rings (SSSR count). The molecule has 4 amide bonds. The second kappa shape index (κ2) is 10.6. The fraction of sp³-hybridized carbons (Fsp3) is 0.444. The highest BCUT2D eigenvalue weighted by Crippen LogP contribution is 2.44. The van der Waals surface area contributed by atoms with Gasteiger partial charge in [0, 0.05) is 38.0 Å². The fourth-order valence-electron chi connectivity index (χ4n) is 5.39. The monoisotopic (exact) mass is 492 g/mol. The van der Waals surface area contributed by atoms with E-state index in [1.165, 1.54) is 27.2 Å². The molecule has 1 atom stereocenters. The van der Waals surface area contributed by atoms with Gasteiger partial charge < -0.3 is 30.3 Å². The first-order chi connectivity index (χ1) is 17.5. The van der Waals surface area contributed by atoms with E-state index in [-0.39, 0.29) is 36.5 Å². The molecule has 2 aromatic rings. The summed E-state index contributed by atoms with van der Waals surface area (Å²) in [7, 11) is 0. The molecule has 2 heterocycles. The Hall–Kier alpha value is -3.59. The van der Waals surface area contributed by atoms with E-state index in [4.69, 9.17) is 15.2 Å². The molecule has 9 heteroatoms. The zero-order valence-corrected chi connectivity index (χ0v) is 20.2. The van der Waals surface area contributed by atoms with Crippen LogP contribution in [0.5, 0.6) is 0 Å². The van der Waals surface area contributed by atoms with Gasteiger partial charge in [0.25, 0.3) is 0 Å². The van der Waals surface area contributed by atoms with Gasteiger partial charge in [0.15, 0.2) is 0 Å². The Kier molecular flexibility index (Phi) is 7.09. The Morgan fingerprint density at radius 3 is 2.25 bits per heavy atom. The minimum Gasteiger partial charge on any atom is -0.448 e. The van der Waals surface area contributed by atoms with Crippen molar-refractivity contribution in [3.8, 4) is 11.1 Å². The molecular weight excluding hydrogens is 460 g/mol. The van der Waals surface area contributed by atoms with Crippen molar-refractivity contribution >= 4 is 18.0 Å². The van der Waals surface area contributed by atoms with Crippen LogP contribution in [0.25, 0.3) is 11.1 Å². The molecule has 1 unspecified atom stereocenters. The van der Waals surface area contributed by atoms with Crippen LogP contribution >= 0.6 is 0 Å². The van der Waals surface area contributed by atoms with Crippen LogP contribution in [0.2, 0.25) is 0 Å². The molecule has 190 valence electrons. The summed E-state index contributed by atoms with van der Waals surface area (Å²) < 4.78 is 11.4. The molecule has 2 aromatic carbocycles. The fourth-order valence-corrected chi connectivity index (χ4v) is 5.39. The molecule has 0 aromatic heterocycles. The number of carbonyl (C=O) groups is 3. The maximum absolute atomic E-state index is 12.9. The summed E-state index contributed by atoms with van der Waals surface area (Å²) in [5, 5.41) is 2.83. The van der Waals surface area contributed by atoms with Gasteiger partial charge in [0.05, 0.1) is 12.6 Å². The van der Waals surface area contributed by atoms with Crippen LogP contribution in [0.15, 0.2) is 48.5 Å². The van der Waals surface area contributed by atoms with Crippen LogP contribution < -0.4 is 11.1 Å². The zero-order chi connectivity index (χ0) is 25.1. The highest BCUT2D eigenvalue weighted by molar-refractivity contribution is 5.79. The van der Waals surface area contributed by atoms with Crippen LogP contribution in [0, 0.1) is 5.92 Å². The van der Waals surface area contributed by atoms with Gasteiger partial charge in [0.1, 0.15) is 13.2 Å². The van der Waals surface area contributed by atoms with E-state index in [1.54, 1.807) is 4.90 Å². The topological polar surface area (TPSA) is 114 Å². The lowest BCUT2D eigenvalue weighted by Gasteiger charge is -2.38. The minimum atomic E-state index is -0.477. The number of nitrogens with one attached hydrogen (secondary N) is 1. The Morgan fingerprint density at radius 1 is 0.917 bits per heavy atom. The molecule has 9 nitrogen and oxygen atoms in total. The summed E-state index contributed by atoms with van der Waals surface area (Å²) in [6, 6.07) is 16.0. The molecule has 1 aliphatic carbocycles. The summed E-state index contributed by atoms with van der Waals surface area (Å²) in [5.74, 6) is -0.0242. The summed E-state index contributed by atoms with van der Waals surface area (Å²) in [4.78, 5) is 39.2. The number of urea groups is 1. The zero-order valence-electron chi connectivity index (χ0n) is 20.2. The number of likely N-dealkylation sites (tertiary alicyclic amines) is 2. The van der Waals surface area contributed by atoms with Crippen molar-refractivity contribution in [1.82, 2.24) is 15.1 Å². The maximum Gasteiger partial charge on any atom is 0.409 e. The molecule has 2 aliphatic heterocycles. The van der Waals surface area contributed by atoms with E-state index in [0.717, 1.165) is 12.8 Å². The van der Waals surface area contributed by atoms with Crippen molar-refractivity contribution in [2.75, 3.05) is 46.0 Å². The first-order valence-corrected chi connectivity index (χ1v) is 12.5. The van der Waals surface area contributed by atoms with Crippen molar-refractivity contribution in [3.63, 3.8) is 0 Å². The number of nitrogens with zero attached hydrogens (tertiary/aromatic N) is 2. The van der Waals surface area contributed by atoms with Gasteiger partial charge in [-0.05, 0) is 35.1 Å². The van der Waals surface area contributed by atoms with Gasteiger partial charge in [-0.3, -0.25) is 4.79 Å². The number of nitrogens with two attached hydrogens (primary N) is 1. The standard InChI is InChI=1S/C27H32N4O5/c28-26(33)31-13-19(14-31)29-25(32)17-35-15-18-6-5-11-30(12-18)27(34)36-16-24-22-9-3-1-7-20(22)21-8-2-4-10-23(21)24/h1-4,7-10,18-19,24H,5-6,11-17H2,(H2,28,33)(H,29,32). The van der Waals surface area contributed by atoms with Crippen LogP contribution in [0.1, 0.15) is 29.9 Å². The lowest BCUT2D eigenvalue weighted by molar-refractivity contribution is -0.128. The molecular formula is C27H32N4O5. The highest BCUT2D eigenvalue weighted by atomic mass is 16.6. The van der Waals surface area contributed by atoms with E-state index >= 15 is 0 Å². The summed E-state index contributed by atoms with van der Waals surface area (Å²) >= 11 is 0. The number of hydrogen-bond donors (Lipinski definition) is 2. The van der Waals surface area contributed by atoms with Crippen LogP contribution in [-0.2, 0) is 14.3 Å². The quantitative estimate of drug-likeness (QED) is 0.617. The normalized spacial score (nSPS) is 19.3. The smallest absolute Gasteiger partial charge is 0.409 e. The first-order valence-electron chi connectivity index (χ1n) is 12.5. The van der Waals surface area contributed by atoms with E-state index in [2.05, 4.69) is 29.6 Å². The Labute approximate surface area is 210 Å². The van der Waals surface area contributed by atoms with Crippen molar-refractivity contribution in [2.45, 2.75) is 24.8 Å². The Bertz CT molecular complexity index is 1090. The van der Waals surface area contributed by atoms with Crippen LogP contribution in [0.3, 0.4) is 0 Å². The molecule has 0 spiro atoms. The highest BCUT2D eigenvalue weighted by Gasteiger charge is 2.32. The average molecular weight is 493 g/mol. The van der Waals surface area contributed by atoms with Crippen molar-refractivity contribution in [1.29, 1.82) is 0 Å². The number of primary amides is 1. The number of fused-ring (bicyclic) bond motifs is 3. The summed E-state index contributed by atoms with van der Waals surface area (Å²) in [6.07, 6.45) is 1.50. The average Bonchev–Trinajstić information content (AvgIpc) is 3.18. The van der Waals surface area contributed by atoms with Gasteiger partial charge in [-0.1, -0.05) is 48.5 Å². The summed E-state index contributed by atoms with van der Waals surface area (Å²) in [6.45, 7) is 2.73. The lowest BCUT2D eigenvalue weighted by Crippen LogP contribution is -2.62. The Morgan fingerprint density at radius 2 is 1.58 bits per heavy atom. The number of benzene rings is 2. The van der Waals surface area contributed by atoms with Gasteiger partial charge in [-0.2, -0.15) is 0 Å². The van der Waals surface area contributed by atoms with Crippen molar-refractivity contribution in [2.24, 2.45) is 11.7 Å². The SMILES string of the molecule is NC(=O)N1CC(NC(=O)COCC2CCCN(C(=O)OCC3c4ccccc4-c4ccccc43)C2)C1. The third-order valence-electron chi connectivity index (χ3n) is 7.26. The number of carbonyl (C=O) groups excluding carboxylic acids is 3. The number of piperidine rings is 1. The molecule has 0 bridgehead atoms. The summed E-state index contributed by atoms with van der Waals surface area (Å²) in [5.41, 5.74) is 9.98. The lowest BCUT2D eigenvalue weighted by atomic mass is 9.98. The largest absolute Gasteiger partial charge is 0.448 e. The number of ether oxygens (including phenoxy) is 2. The molecule has 0 saturated carbocycles. The van der Waals surface area contributed by atoms with Gasteiger partial charge in [0.2, 0.25) is 5.91 Å². The van der Waals surface area contributed by atoms with Crippen molar-refractivity contribution in [3.05, 3.63) is 59.7 Å². The van der Waals surface area contributed by atoms with E-state index in [0.29, 0.717) is 39.4 Å². The predicted octanol–water partition coefficient (Wildman–Crippen LogP) is 2.54. The van der Waals surface area contributed by atoms with Crippen LogP contribution in [0.4, 0.5) is 9.59 Å². The second-order valence-corrected chi connectivity index (χ2v) is 9.78. The minimum absolute atomic E-state index is 0.0366. The van der Waals surface area contributed by atoms with E-state index < -0.39 is 6.03 Å². The number of rotatable bonds is 7. The third-order valence-corrected chi connectivity index (χ3v) is 7.26. The van der Waals surface area contributed by atoms with Gasteiger partial charge >= 0.3 is 12.1 Å². The third kappa shape index (κ3) is 5.16. The first kappa shape index (κ1) is 24.1. The molecule has 36 heavy (non-hydrogen) atoms. The maximum atomic E-state index is 12.9. The van der Waals surface area contributed by atoms with Crippen molar-refractivity contribution < 1.29 is 23.9 Å². The molecule has 0 radical (unpaired) electrons. The molecule has 3 aliphatic rings. The van der Waals surface area contributed by atoms with Gasteiger partial charge in [-0.25, -0.2) is 9.59 Å². The number of amides is 4. The second-order valence-electron chi connectivity index (χ2n) is 9.78. The molecule has 2 saturated heterocycles. The predicted molar refractivity (Wildman–Crippen MR) is 133 cm³/mol. The number of hydrogen-bond acceptors (Lipinski definition) is 5. The van der Waals surface area contributed by atoms with Gasteiger partial charge in [-0.15, -0.1) is 0 Å². The van der Waals surface area contributed by atoms with E-state index in [1.807, 2.05) is 24.3 Å². The molecule has 3 N–H and O–H groups in total. The Balaban J connectivity index is 1.06. The van der Waals surface area contributed by atoms with Crippen LogP contribution in [-0.4, -0.2) is 79.9 Å². The van der Waals surface area contributed by atoms with E-state index in [9.17, 15) is 14.4 Å².